The van der Waals surface area contributed by atoms with E-state index < -0.39 is 17.9 Å². The number of nitrogens with one attached hydrogen (secondary N) is 2. The monoisotopic (exact) mass is 419 g/mol. The normalized spacial score (nSPS) is 12.7. The molecular weight excluding hydrogens is 393 g/mol. The van der Waals surface area contributed by atoms with Crippen molar-refractivity contribution in [3.63, 3.8) is 0 Å². The van der Waals surface area contributed by atoms with Crippen molar-refractivity contribution in [2.24, 2.45) is 5.73 Å². The Morgan fingerprint density at radius 3 is 1.87 bits per heavy atom. The van der Waals surface area contributed by atoms with Crippen LogP contribution in [0.3, 0.4) is 0 Å². The van der Waals surface area contributed by atoms with Gasteiger partial charge in [0.2, 0.25) is 5.91 Å². The van der Waals surface area contributed by atoms with Crippen LogP contribution in [0, 0.1) is 5.82 Å². The van der Waals surface area contributed by atoms with Crippen molar-refractivity contribution in [1.29, 1.82) is 0 Å². The van der Waals surface area contributed by atoms with Crippen molar-refractivity contribution >= 4 is 11.9 Å². The molecule has 5 nitrogen and oxygen atoms in total. The van der Waals surface area contributed by atoms with Crippen LogP contribution in [0.5, 0.6) is 0 Å². The molecule has 6 heteroatoms. The summed E-state index contributed by atoms with van der Waals surface area (Å²) < 4.78 is 14.3. The zero-order valence-corrected chi connectivity index (χ0v) is 17.3. The van der Waals surface area contributed by atoms with Crippen molar-refractivity contribution < 1.29 is 14.0 Å². The Hall–Kier alpha value is -3.67. The quantitative estimate of drug-likeness (QED) is 0.510. The second kappa shape index (κ2) is 10.4. The van der Waals surface area contributed by atoms with Gasteiger partial charge in [0.1, 0.15) is 5.82 Å². The minimum absolute atomic E-state index is 0.0673. The van der Waals surface area contributed by atoms with E-state index in [9.17, 15) is 14.0 Å². The minimum Gasteiger partial charge on any atom is -0.353 e. The Labute approximate surface area is 181 Å². The average molecular weight is 420 g/mol. The van der Waals surface area contributed by atoms with Crippen LogP contribution in [0.2, 0.25) is 0 Å². The van der Waals surface area contributed by atoms with Gasteiger partial charge in [-0.2, -0.15) is 0 Å². The SMILES string of the molecule is CC(NC(=O)CC(NC(N)=O)c1ccccc1F)C(c1ccccc1)c1ccccc1. The number of amides is 3. The van der Waals surface area contributed by atoms with E-state index in [-0.39, 0.29) is 29.9 Å². The second-order valence-electron chi connectivity index (χ2n) is 7.44. The third-order valence-corrected chi connectivity index (χ3v) is 5.19. The molecule has 0 saturated carbocycles. The van der Waals surface area contributed by atoms with Crippen molar-refractivity contribution in [3.05, 3.63) is 107 Å². The molecule has 0 aliphatic carbocycles. The van der Waals surface area contributed by atoms with E-state index in [0.29, 0.717) is 0 Å². The Bertz CT molecular complexity index is 972. The highest BCUT2D eigenvalue weighted by molar-refractivity contribution is 5.79. The predicted octanol–water partition coefficient (Wildman–Crippen LogP) is 4.26. The van der Waals surface area contributed by atoms with Crippen molar-refractivity contribution in [1.82, 2.24) is 10.6 Å². The molecule has 31 heavy (non-hydrogen) atoms. The van der Waals surface area contributed by atoms with Crippen LogP contribution in [0.4, 0.5) is 9.18 Å². The van der Waals surface area contributed by atoms with Crippen molar-refractivity contribution in [2.75, 3.05) is 0 Å². The van der Waals surface area contributed by atoms with Crippen LogP contribution in [-0.2, 0) is 4.79 Å². The summed E-state index contributed by atoms with van der Waals surface area (Å²) in [5.41, 5.74) is 7.61. The Kier molecular flexibility index (Phi) is 7.38. The van der Waals surface area contributed by atoms with Gasteiger partial charge in [-0.3, -0.25) is 4.79 Å². The van der Waals surface area contributed by atoms with E-state index in [4.69, 9.17) is 5.73 Å². The summed E-state index contributed by atoms with van der Waals surface area (Å²) in [6, 6.07) is 23.9. The van der Waals surface area contributed by atoms with Gasteiger partial charge in [-0.1, -0.05) is 78.9 Å². The molecule has 3 aromatic carbocycles. The van der Waals surface area contributed by atoms with Crippen LogP contribution in [0.25, 0.3) is 0 Å². The summed E-state index contributed by atoms with van der Waals surface area (Å²) >= 11 is 0. The highest BCUT2D eigenvalue weighted by atomic mass is 19.1. The third kappa shape index (κ3) is 5.92. The first-order valence-corrected chi connectivity index (χ1v) is 10.2. The van der Waals surface area contributed by atoms with Gasteiger partial charge in [0, 0.05) is 17.5 Å². The molecule has 0 saturated heterocycles. The van der Waals surface area contributed by atoms with Crippen molar-refractivity contribution in [3.8, 4) is 0 Å². The Morgan fingerprint density at radius 1 is 0.839 bits per heavy atom. The largest absolute Gasteiger partial charge is 0.353 e. The van der Waals surface area contributed by atoms with E-state index in [1.165, 1.54) is 12.1 Å². The molecule has 0 aromatic heterocycles. The number of carbonyl (C=O) groups excluding carboxylic acids is 2. The third-order valence-electron chi connectivity index (χ3n) is 5.19. The molecule has 0 spiro atoms. The van der Waals surface area contributed by atoms with Crippen LogP contribution in [0.15, 0.2) is 84.9 Å². The number of benzene rings is 3. The average Bonchev–Trinajstić information content (AvgIpc) is 2.75. The van der Waals surface area contributed by atoms with Gasteiger partial charge in [0.15, 0.2) is 0 Å². The molecule has 2 unspecified atom stereocenters. The maximum atomic E-state index is 14.3. The summed E-state index contributed by atoms with van der Waals surface area (Å²) in [6.07, 6.45) is -0.134. The number of rotatable bonds is 8. The van der Waals surface area contributed by atoms with Crippen LogP contribution in [0.1, 0.15) is 42.0 Å². The zero-order valence-electron chi connectivity index (χ0n) is 17.3. The number of primary amides is 1. The molecule has 0 aliphatic rings. The van der Waals surface area contributed by atoms with Gasteiger partial charge >= 0.3 is 6.03 Å². The lowest BCUT2D eigenvalue weighted by atomic mass is 9.85. The van der Waals surface area contributed by atoms with E-state index in [2.05, 4.69) is 10.6 Å². The maximum Gasteiger partial charge on any atom is 0.312 e. The lowest BCUT2D eigenvalue weighted by Crippen LogP contribution is -2.41. The molecule has 0 bridgehead atoms. The molecule has 3 aromatic rings. The molecule has 3 rings (SSSR count). The number of halogens is 1. The first-order valence-electron chi connectivity index (χ1n) is 10.2. The van der Waals surface area contributed by atoms with Gasteiger partial charge in [0.25, 0.3) is 0 Å². The first kappa shape index (κ1) is 22.0. The van der Waals surface area contributed by atoms with E-state index in [1.807, 2.05) is 67.6 Å². The smallest absolute Gasteiger partial charge is 0.312 e. The summed E-state index contributed by atoms with van der Waals surface area (Å²) in [6.45, 7) is 1.93. The standard InChI is InChI=1S/C25H26FN3O2/c1-17(24(18-10-4-2-5-11-18)19-12-6-3-7-13-19)28-23(30)16-22(29-25(27)31)20-14-8-9-15-21(20)26/h2-15,17,22,24H,16H2,1H3,(H,28,30)(H3,27,29,31). The topological polar surface area (TPSA) is 84.2 Å². The molecule has 2 atom stereocenters. The highest BCUT2D eigenvalue weighted by Crippen LogP contribution is 2.28. The molecule has 4 N–H and O–H groups in total. The van der Waals surface area contributed by atoms with Gasteiger partial charge in [0.05, 0.1) is 12.5 Å². The fourth-order valence-electron chi connectivity index (χ4n) is 3.84. The second-order valence-corrected chi connectivity index (χ2v) is 7.44. The fraction of sp³-hybridized carbons (Fsp3) is 0.200. The van der Waals surface area contributed by atoms with E-state index >= 15 is 0 Å². The Balaban J connectivity index is 1.79. The molecule has 160 valence electrons. The molecular formula is C25H26FN3O2. The fourth-order valence-corrected chi connectivity index (χ4v) is 3.84. The Morgan fingerprint density at radius 2 is 1.35 bits per heavy atom. The van der Waals surface area contributed by atoms with Crippen molar-refractivity contribution in [2.45, 2.75) is 31.3 Å². The molecule has 0 fully saturated rings. The van der Waals surface area contributed by atoms with Crippen LogP contribution in [-0.4, -0.2) is 18.0 Å². The predicted molar refractivity (Wildman–Crippen MR) is 119 cm³/mol. The lowest BCUT2D eigenvalue weighted by Gasteiger charge is -2.27. The molecule has 0 radical (unpaired) electrons. The van der Waals surface area contributed by atoms with Gasteiger partial charge < -0.3 is 16.4 Å². The van der Waals surface area contributed by atoms with Crippen LogP contribution < -0.4 is 16.4 Å². The molecule has 3 amide bonds. The van der Waals surface area contributed by atoms with Gasteiger partial charge in [-0.25, -0.2) is 9.18 Å². The van der Waals surface area contributed by atoms with Gasteiger partial charge in [-0.05, 0) is 24.1 Å². The lowest BCUT2D eigenvalue weighted by molar-refractivity contribution is -0.122. The van der Waals surface area contributed by atoms with Gasteiger partial charge in [-0.15, -0.1) is 0 Å². The highest BCUT2D eigenvalue weighted by Gasteiger charge is 2.25. The minimum atomic E-state index is -0.863. The molecule has 0 heterocycles. The van der Waals surface area contributed by atoms with E-state index in [0.717, 1.165) is 11.1 Å². The summed E-state index contributed by atoms with van der Waals surface area (Å²) in [4.78, 5) is 24.3. The maximum absolute atomic E-state index is 14.3. The number of hydrogen-bond donors (Lipinski definition) is 3. The molecule has 0 aliphatic heterocycles. The number of carbonyl (C=O) groups is 2. The summed E-state index contributed by atoms with van der Waals surface area (Å²) in [5, 5.41) is 5.49. The summed E-state index contributed by atoms with van der Waals surface area (Å²) in [7, 11) is 0. The number of urea groups is 1. The summed E-state index contributed by atoms with van der Waals surface area (Å²) in [5.74, 6) is -0.887. The van der Waals surface area contributed by atoms with E-state index in [1.54, 1.807) is 12.1 Å². The number of nitrogens with two attached hydrogens (primary N) is 1. The van der Waals surface area contributed by atoms with Crippen LogP contribution >= 0.6 is 0 Å². The number of hydrogen-bond acceptors (Lipinski definition) is 2. The zero-order chi connectivity index (χ0) is 22.2. The first-order chi connectivity index (χ1) is 15.0.